The van der Waals surface area contributed by atoms with Crippen molar-refractivity contribution in [2.24, 2.45) is 16.8 Å². The molecule has 4 N–H and O–H groups in total. The SMILES string of the molecule is CCOc1ncc(CN(N)/C(C)=N\N)cc1-c1ccnc(OC(F)F)c1. The van der Waals surface area contributed by atoms with E-state index in [0.29, 0.717) is 36.0 Å². The van der Waals surface area contributed by atoms with Crippen molar-refractivity contribution < 1.29 is 18.3 Å². The van der Waals surface area contributed by atoms with Crippen molar-refractivity contribution in [3.05, 3.63) is 36.2 Å². The van der Waals surface area contributed by atoms with Crippen LogP contribution in [-0.4, -0.2) is 34.0 Å². The molecule has 0 aromatic carbocycles. The normalized spacial score (nSPS) is 11.5. The number of nitrogens with zero attached hydrogens (tertiary/aromatic N) is 4. The summed E-state index contributed by atoms with van der Waals surface area (Å²) in [7, 11) is 0. The van der Waals surface area contributed by atoms with Gasteiger partial charge in [0.25, 0.3) is 0 Å². The quantitative estimate of drug-likeness (QED) is 0.334. The van der Waals surface area contributed by atoms with Crippen LogP contribution in [0, 0.1) is 0 Å². The van der Waals surface area contributed by atoms with Crippen LogP contribution < -0.4 is 21.2 Å². The van der Waals surface area contributed by atoms with E-state index in [-0.39, 0.29) is 5.88 Å². The molecule has 0 atom stereocenters. The number of halogens is 2. The Morgan fingerprint density at radius 1 is 1.35 bits per heavy atom. The molecule has 2 heterocycles. The van der Waals surface area contributed by atoms with E-state index in [1.54, 1.807) is 25.3 Å². The standard InChI is InChI=1S/C16H20F2N6O2/c1-3-25-15-13(12-4-5-21-14(7-12)26-16(17)18)6-11(8-22-15)9-24(20)10(2)23-19/h4-8,16H,3,9,19-20H2,1-2H3/b23-10-. The highest BCUT2D eigenvalue weighted by Gasteiger charge is 2.14. The fraction of sp³-hybridized carbons (Fsp3) is 0.312. The highest BCUT2D eigenvalue weighted by molar-refractivity contribution is 5.78. The Morgan fingerprint density at radius 3 is 2.77 bits per heavy atom. The lowest BCUT2D eigenvalue weighted by Gasteiger charge is -2.18. The molecule has 0 aliphatic heterocycles. The number of ether oxygens (including phenoxy) is 2. The molecule has 0 radical (unpaired) electrons. The smallest absolute Gasteiger partial charge is 0.388 e. The van der Waals surface area contributed by atoms with Gasteiger partial charge in [0, 0.05) is 24.0 Å². The average Bonchev–Trinajstić information content (AvgIpc) is 2.62. The molecule has 0 amide bonds. The van der Waals surface area contributed by atoms with Crippen LogP contribution >= 0.6 is 0 Å². The fourth-order valence-electron chi connectivity index (χ4n) is 2.16. The van der Waals surface area contributed by atoms with Gasteiger partial charge in [0.15, 0.2) is 0 Å². The minimum absolute atomic E-state index is 0.197. The molecule has 0 fully saturated rings. The number of hydrogen-bond acceptors (Lipinski definition) is 7. The number of hydrazone groups is 1. The van der Waals surface area contributed by atoms with Gasteiger partial charge in [0.05, 0.1) is 13.2 Å². The molecule has 0 saturated carbocycles. The topological polar surface area (TPSA) is 112 Å². The Hall–Kier alpha value is -3.01. The third-order valence-electron chi connectivity index (χ3n) is 3.40. The zero-order valence-corrected chi connectivity index (χ0v) is 14.4. The predicted octanol–water partition coefficient (Wildman–Crippen LogP) is 2.11. The molecule has 2 aromatic rings. The van der Waals surface area contributed by atoms with E-state index in [4.69, 9.17) is 16.4 Å². The first-order valence-corrected chi connectivity index (χ1v) is 7.74. The number of aromatic nitrogens is 2. The molecule has 8 nitrogen and oxygen atoms in total. The van der Waals surface area contributed by atoms with Crippen LogP contribution in [0.4, 0.5) is 8.78 Å². The van der Waals surface area contributed by atoms with Crippen LogP contribution in [-0.2, 0) is 6.54 Å². The first kappa shape index (κ1) is 19.3. The van der Waals surface area contributed by atoms with Gasteiger partial charge in [-0.2, -0.15) is 13.9 Å². The predicted molar refractivity (Wildman–Crippen MR) is 92.3 cm³/mol. The summed E-state index contributed by atoms with van der Waals surface area (Å²) in [4.78, 5) is 8.05. The zero-order valence-electron chi connectivity index (χ0n) is 14.4. The Morgan fingerprint density at radius 2 is 2.12 bits per heavy atom. The van der Waals surface area contributed by atoms with E-state index in [0.717, 1.165) is 5.56 Å². The summed E-state index contributed by atoms with van der Waals surface area (Å²) in [5.74, 6) is 11.7. The van der Waals surface area contributed by atoms with Crippen LogP contribution in [0.1, 0.15) is 19.4 Å². The highest BCUT2D eigenvalue weighted by Crippen LogP contribution is 2.31. The first-order chi connectivity index (χ1) is 12.4. The van der Waals surface area contributed by atoms with Gasteiger partial charge in [-0.25, -0.2) is 15.8 Å². The van der Waals surface area contributed by atoms with E-state index in [1.807, 2.05) is 6.92 Å². The average molecular weight is 366 g/mol. The molecule has 140 valence electrons. The summed E-state index contributed by atoms with van der Waals surface area (Å²) >= 11 is 0. The maximum Gasteiger partial charge on any atom is 0.388 e. The van der Waals surface area contributed by atoms with Crippen LogP contribution in [0.5, 0.6) is 11.8 Å². The third kappa shape index (κ3) is 4.99. The van der Waals surface area contributed by atoms with Gasteiger partial charge in [-0.1, -0.05) is 0 Å². The van der Waals surface area contributed by atoms with Crippen molar-refractivity contribution in [2.45, 2.75) is 27.0 Å². The van der Waals surface area contributed by atoms with E-state index >= 15 is 0 Å². The molecule has 0 bridgehead atoms. The number of hydrazine groups is 1. The monoisotopic (exact) mass is 366 g/mol. The van der Waals surface area contributed by atoms with E-state index in [9.17, 15) is 8.78 Å². The maximum absolute atomic E-state index is 12.4. The van der Waals surface area contributed by atoms with Crippen molar-refractivity contribution in [1.29, 1.82) is 0 Å². The van der Waals surface area contributed by atoms with Gasteiger partial charge in [-0.3, -0.25) is 5.01 Å². The summed E-state index contributed by atoms with van der Waals surface area (Å²) < 4.78 is 34.7. The second-order valence-electron chi connectivity index (χ2n) is 5.19. The second kappa shape index (κ2) is 8.90. The van der Waals surface area contributed by atoms with Gasteiger partial charge in [-0.05, 0) is 37.1 Å². The minimum Gasteiger partial charge on any atom is -0.478 e. The van der Waals surface area contributed by atoms with E-state index in [1.165, 1.54) is 17.3 Å². The van der Waals surface area contributed by atoms with Crippen LogP contribution in [0.15, 0.2) is 35.7 Å². The molecular formula is C16H20F2N6O2. The number of amidine groups is 1. The van der Waals surface area contributed by atoms with Crippen molar-refractivity contribution in [3.63, 3.8) is 0 Å². The lowest BCUT2D eigenvalue weighted by molar-refractivity contribution is -0.0528. The number of nitrogens with two attached hydrogens (primary N) is 2. The van der Waals surface area contributed by atoms with Gasteiger partial charge >= 0.3 is 6.61 Å². The highest BCUT2D eigenvalue weighted by atomic mass is 19.3. The third-order valence-corrected chi connectivity index (χ3v) is 3.40. The molecule has 0 aliphatic rings. The van der Waals surface area contributed by atoms with Crippen LogP contribution in [0.2, 0.25) is 0 Å². The first-order valence-electron chi connectivity index (χ1n) is 7.74. The molecule has 2 rings (SSSR count). The lowest BCUT2D eigenvalue weighted by atomic mass is 10.1. The van der Waals surface area contributed by atoms with Crippen molar-refractivity contribution in [3.8, 4) is 22.9 Å². The number of alkyl halides is 2. The van der Waals surface area contributed by atoms with Gasteiger partial charge < -0.3 is 15.3 Å². The Kier molecular flexibility index (Phi) is 6.61. The Bertz CT molecular complexity index is 772. The van der Waals surface area contributed by atoms with Crippen molar-refractivity contribution in [1.82, 2.24) is 15.0 Å². The Labute approximate surface area is 149 Å². The fourth-order valence-corrected chi connectivity index (χ4v) is 2.16. The zero-order chi connectivity index (χ0) is 19.1. The van der Waals surface area contributed by atoms with Crippen LogP contribution in [0.25, 0.3) is 11.1 Å². The summed E-state index contributed by atoms with van der Waals surface area (Å²) in [6.07, 6.45) is 2.98. The number of rotatable bonds is 7. The van der Waals surface area contributed by atoms with Gasteiger partial charge in [0.2, 0.25) is 11.8 Å². The molecule has 0 spiro atoms. The molecule has 2 aromatic heterocycles. The molecule has 0 unspecified atom stereocenters. The summed E-state index contributed by atoms with van der Waals surface area (Å²) in [5, 5.41) is 4.89. The molecule has 0 aliphatic carbocycles. The van der Waals surface area contributed by atoms with Crippen molar-refractivity contribution >= 4 is 5.84 Å². The summed E-state index contributed by atoms with van der Waals surface area (Å²) in [5.41, 5.74) is 1.92. The minimum atomic E-state index is -2.96. The maximum atomic E-state index is 12.4. The van der Waals surface area contributed by atoms with E-state index in [2.05, 4.69) is 19.8 Å². The molecule has 26 heavy (non-hydrogen) atoms. The largest absolute Gasteiger partial charge is 0.478 e. The number of hydrogen-bond donors (Lipinski definition) is 2. The van der Waals surface area contributed by atoms with Gasteiger partial charge in [0.1, 0.15) is 5.84 Å². The Balaban J connectivity index is 2.39. The van der Waals surface area contributed by atoms with Gasteiger partial charge in [-0.15, -0.1) is 0 Å². The van der Waals surface area contributed by atoms with Crippen molar-refractivity contribution in [2.75, 3.05) is 6.61 Å². The summed E-state index contributed by atoms with van der Waals surface area (Å²) in [6, 6.07) is 4.83. The lowest BCUT2D eigenvalue weighted by Crippen LogP contribution is -2.35. The summed E-state index contributed by atoms with van der Waals surface area (Å²) in [6.45, 7) is 1.22. The molecule has 0 saturated heterocycles. The number of pyridine rings is 2. The molecular weight excluding hydrogens is 346 g/mol. The second-order valence-corrected chi connectivity index (χ2v) is 5.19. The molecule has 10 heteroatoms. The van der Waals surface area contributed by atoms with Crippen LogP contribution in [0.3, 0.4) is 0 Å². The van der Waals surface area contributed by atoms with E-state index < -0.39 is 6.61 Å².